The van der Waals surface area contributed by atoms with Crippen molar-refractivity contribution in [3.8, 4) is 0 Å². The van der Waals surface area contributed by atoms with Gasteiger partial charge in [-0.05, 0) is 12.8 Å². The van der Waals surface area contributed by atoms with Crippen LogP contribution in [0.4, 0.5) is 0 Å². The second-order valence-corrected chi connectivity index (χ2v) is 7.18. The molecule has 1 atom stereocenters. The van der Waals surface area contributed by atoms with E-state index in [-0.39, 0.29) is 6.10 Å². The molecule has 112 valence electrons. The monoisotopic (exact) mass is 314 g/mol. The largest absolute Gasteiger partial charge is 0.379 e. The summed E-state index contributed by atoms with van der Waals surface area (Å²) >= 11 is 3.73. The molecule has 2 saturated heterocycles. The van der Waals surface area contributed by atoms with Gasteiger partial charge in [-0.25, -0.2) is 4.98 Å². The minimum atomic E-state index is 0.270. The van der Waals surface area contributed by atoms with E-state index < -0.39 is 0 Å². The first kappa shape index (κ1) is 14.8. The van der Waals surface area contributed by atoms with Crippen LogP contribution >= 0.6 is 23.1 Å². The van der Waals surface area contributed by atoms with Crippen molar-refractivity contribution in [2.24, 2.45) is 0 Å². The highest BCUT2D eigenvalue weighted by Crippen LogP contribution is 2.31. The van der Waals surface area contributed by atoms with Crippen molar-refractivity contribution >= 4 is 23.1 Å². The molecule has 20 heavy (non-hydrogen) atoms. The molecule has 2 fully saturated rings. The number of hydrogen-bond donors (Lipinski definition) is 0. The van der Waals surface area contributed by atoms with Crippen LogP contribution in [0.1, 0.15) is 29.6 Å². The molecule has 0 amide bonds. The van der Waals surface area contributed by atoms with Crippen LogP contribution in [0.15, 0.2) is 5.38 Å². The van der Waals surface area contributed by atoms with Gasteiger partial charge in [0, 0.05) is 43.1 Å². The standard InChI is InChI=1S/C14H22N2O2S2/c1-2-13(18-6-1)14-15-12(11-20-14)10-19-9-5-16-3-7-17-8-4-16/h11,13H,1-10H2/t13-/m0/s1. The number of morpholine rings is 1. The molecule has 6 heteroatoms. The number of rotatable bonds is 6. The Kier molecular flexibility index (Phi) is 5.73. The number of hydrogen-bond acceptors (Lipinski definition) is 6. The molecule has 0 unspecified atom stereocenters. The average molecular weight is 314 g/mol. The van der Waals surface area contributed by atoms with Gasteiger partial charge in [-0.3, -0.25) is 4.90 Å². The SMILES string of the molecule is c1sc([C@@H]2CCCO2)nc1CSCCN1CCOCC1. The maximum Gasteiger partial charge on any atom is 0.122 e. The van der Waals surface area contributed by atoms with Gasteiger partial charge in [-0.2, -0.15) is 11.8 Å². The molecule has 1 aromatic heterocycles. The lowest BCUT2D eigenvalue weighted by Gasteiger charge is -2.26. The van der Waals surface area contributed by atoms with Crippen LogP contribution in [0, 0.1) is 0 Å². The third-order valence-corrected chi connectivity index (χ3v) is 5.64. The summed E-state index contributed by atoms with van der Waals surface area (Å²) in [5.41, 5.74) is 1.22. The average Bonchev–Trinajstić information content (AvgIpc) is 3.15. The van der Waals surface area contributed by atoms with Crippen LogP contribution in [0.25, 0.3) is 0 Å². The molecule has 0 spiro atoms. The van der Waals surface area contributed by atoms with Crippen molar-refractivity contribution in [3.05, 3.63) is 16.1 Å². The van der Waals surface area contributed by atoms with Gasteiger partial charge < -0.3 is 9.47 Å². The molecule has 1 aromatic rings. The van der Waals surface area contributed by atoms with E-state index in [0.29, 0.717) is 0 Å². The number of ether oxygens (including phenoxy) is 2. The van der Waals surface area contributed by atoms with Gasteiger partial charge in [0.25, 0.3) is 0 Å². The maximum atomic E-state index is 5.68. The third kappa shape index (κ3) is 4.18. The van der Waals surface area contributed by atoms with E-state index in [4.69, 9.17) is 14.5 Å². The van der Waals surface area contributed by atoms with Gasteiger partial charge >= 0.3 is 0 Å². The molecule has 0 bridgehead atoms. The van der Waals surface area contributed by atoms with Crippen LogP contribution in [-0.4, -0.2) is 55.1 Å². The first-order valence-corrected chi connectivity index (χ1v) is 9.39. The predicted octanol–water partition coefficient (Wildman–Crippen LogP) is 2.56. The van der Waals surface area contributed by atoms with Crippen LogP contribution < -0.4 is 0 Å². The quantitative estimate of drug-likeness (QED) is 0.754. The molecule has 0 radical (unpaired) electrons. The zero-order chi connectivity index (χ0) is 13.6. The van der Waals surface area contributed by atoms with Crippen molar-refractivity contribution in [1.29, 1.82) is 0 Å². The summed E-state index contributed by atoms with van der Waals surface area (Å²) < 4.78 is 11.0. The van der Waals surface area contributed by atoms with E-state index in [9.17, 15) is 0 Å². The zero-order valence-corrected chi connectivity index (χ0v) is 13.4. The fourth-order valence-corrected chi connectivity index (χ4v) is 4.40. The first-order chi connectivity index (χ1) is 9.92. The van der Waals surface area contributed by atoms with E-state index in [1.807, 2.05) is 11.8 Å². The fraction of sp³-hybridized carbons (Fsp3) is 0.786. The number of thiazole rings is 1. The van der Waals surface area contributed by atoms with Crippen LogP contribution in [0.5, 0.6) is 0 Å². The zero-order valence-electron chi connectivity index (χ0n) is 11.8. The second-order valence-electron chi connectivity index (χ2n) is 5.19. The van der Waals surface area contributed by atoms with Gasteiger partial charge in [-0.15, -0.1) is 11.3 Å². The highest BCUT2D eigenvalue weighted by Gasteiger charge is 2.20. The molecule has 3 rings (SSSR count). The summed E-state index contributed by atoms with van der Waals surface area (Å²) in [7, 11) is 0. The summed E-state index contributed by atoms with van der Waals surface area (Å²) in [6, 6.07) is 0. The van der Waals surface area contributed by atoms with E-state index in [2.05, 4.69) is 10.3 Å². The molecule has 0 aliphatic carbocycles. The molecule has 0 aromatic carbocycles. The third-order valence-electron chi connectivity index (χ3n) is 3.68. The lowest BCUT2D eigenvalue weighted by molar-refractivity contribution is 0.0410. The summed E-state index contributed by atoms with van der Waals surface area (Å²) in [5, 5.41) is 3.37. The molecule has 0 saturated carbocycles. The molecule has 0 N–H and O–H groups in total. The van der Waals surface area contributed by atoms with Gasteiger partial charge in [0.1, 0.15) is 11.1 Å². The van der Waals surface area contributed by atoms with Gasteiger partial charge in [0.2, 0.25) is 0 Å². The summed E-state index contributed by atoms with van der Waals surface area (Å²) in [4.78, 5) is 7.20. The maximum absolute atomic E-state index is 5.68. The van der Waals surface area contributed by atoms with Gasteiger partial charge in [-0.1, -0.05) is 0 Å². The normalized spacial score (nSPS) is 24.3. The Hall–Kier alpha value is -0.140. The molecular formula is C14H22N2O2S2. The van der Waals surface area contributed by atoms with Crippen molar-refractivity contribution < 1.29 is 9.47 Å². The van der Waals surface area contributed by atoms with Gasteiger partial charge in [0.05, 0.1) is 18.9 Å². The topological polar surface area (TPSA) is 34.6 Å². The number of thioether (sulfide) groups is 1. The molecular weight excluding hydrogens is 292 g/mol. The minimum absolute atomic E-state index is 0.270. The molecule has 3 heterocycles. The van der Waals surface area contributed by atoms with Crippen molar-refractivity contribution in [1.82, 2.24) is 9.88 Å². The van der Waals surface area contributed by atoms with Gasteiger partial charge in [0.15, 0.2) is 0 Å². The highest BCUT2D eigenvalue weighted by molar-refractivity contribution is 7.98. The predicted molar refractivity (Wildman–Crippen MR) is 83.5 cm³/mol. The summed E-state index contributed by atoms with van der Waals surface area (Å²) in [6.07, 6.45) is 2.58. The smallest absolute Gasteiger partial charge is 0.122 e. The van der Waals surface area contributed by atoms with E-state index in [0.717, 1.165) is 51.6 Å². The summed E-state index contributed by atoms with van der Waals surface area (Å²) in [6.45, 7) is 6.01. The lowest BCUT2D eigenvalue weighted by Crippen LogP contribution is -2.37. The molecule has 4 nitrogen and oxygen atoms in total. The Bertz CT molecular complexity index is 402. The van der Waals surface area contributed by atoms with E-state index in [1.54, 1.807) is 11.3 Å². The lowest BCUT2D eigenvalue weighted by atomic mass is 10.2. The van der Waals surface area contributed by atoms with Crippen LogP contribution in [-0.2, 0) is 15.2 Å². The van der Waals surface area contributed by atoms with E-state index >= 15 is 0 Å². The molecule has 2 aliphatic heterocycles. The highest BCUT2D eigenvalue weighted by atomic mass is 32.2. The van der Waals surface area contributed by atoms with Crippen molar-refractivity contribution in [3.63, 3.8) is 0 Å². The fourth-order valence-electron chi connectivity index (χ4n) is 2.50. The van der Waals surface area contributed by atoms with Crippen molar-refractivity contribution in [2.45, 2.75) is 24.7 Å². The number of nitrogens with zero attached hydrogens (tertiary/aromatic N) is 2. The molecule has 2 aliphatic rings. The minimum Gasteiger partial charge on any atom is -0.379 e. The Morgan fingerprint density at radius 3 is 3.05 bits per heavy atom. The Labute approximate surface area is 128 Å². The summed E-state index contributed by atoms with van der Waals surface area (Å²) in [5.74, 6) is 2.19. The van der Waals surface area contributed by atoms with Crippen LogP contribution in [0.2, 0.25) is 0 Å². The Morgan fingerprint density at radius 2 is 2.25 bits per heavy atom. The number of aromatic nitrogens is 1. The van der Waals surface area contributed by atoms with Crippen LogP contribution in [0.3, 0.4) is 0 Å². The first-order valence-electron chi connectivity index (χ1n) is 7.35. The Balaban J connectivity index is 1.35. The van der Waals surface area contributed by atoms with E-state index in [1.165, 1.54) is 22.9 Å². The van der Waals surface area contributed by atoms with Crippen molar-refractivity contribution in [2.75, 3.05) is 45.2 Å². The second kappa shape index (κ2) is 7.75. The Morgan fingerprint density at radius 1 is 1.35 bits per heavy atom.